The second kappa shape index (κ2) is 5.75. The van der Waals surface area contributed by atoms with Gasteiger partial charge in [0.25, 0.3) is 0 Å². The Bertz CT molecular complexity index is 413. The molecular weight excluding hydrogens is 276 g/mol. The van der Waals surface area contributed by atoms with Crippen LogP contribution >= 0.6 is 12.4 Å². The van der Waals surface area contributed by atoms with Gasteiger partial charge >= 0.3 is 0 Å². The number of amides is 1. The van der Waals surface area contributed by atoms with Gasteiger partial charge in [-0.1, -0.05) is 6.42 Å². The third-order valence-corrected chi connectivity index (χ3v) is 4.66. The number of rotatable bonds is 2. The monoisotopic (exact) mass is 296 g/mol. The average molecular weight is 297 g/mol. The van der Waals surface area contributed by atoms with E-state index in [0.29, 0.717) is 24.9 Å². The summed E-state index contributed by atoms with van der Waals surface area (Å²) in [6.07, 6.45) is 4.35. The van der Waals surface area contributed by atoms with E-state index in [1.165, 1.54) is 0 Å². The highest BCUT2D eigenvalue weighted by molar-refractivity contribution is 7.91. The van der Waals surface area contributed by atoms with Crippen LogP contribution in [-0.4, -0.2) is 50.4 Å². The lowest BCUT2D eigenvalue weighted by Crippen LogP contribution is -2.39. The van der Waals surface area contributed by atoms with E-state index in [4.69, 9.17) is 5.73 Å². The van der Waals surface area contributed by atoms with Crippen LogP contribution in [0.5, 0.6) is 0 Å². The minimum atomic E-state index is -3.23. The lowest BCUT2D eigenvalue weighted by Gasteiger charge is -2.29. The van der Waals surface area contributed by atoms with E-state index in [0.717, 1.165) is 25.5 Å². The van der Waals surface area contributed by atoms with Gasteiger partial charge in [-0.25, -0.2) is 8.42 Å². The van der Waals surface area contributed by atoms with Crippen LogP contribution in [0.1, 0.15) is 19.3 Å². The van der Waals surface area contributed by atoms with E-state index in [1.54, 1.807) is 4.90 Å². The van der Waals surface area contributed by atoms with Crippen molar-refractivity contribution in [2.24, 2.45) is 17.6 Å². The summed E-state index contributed by atoms with van der Waals surface area (Å²) in [6, 6.07) is 0.171. The minimum absolute atomic E-state index is 0. The molecule has 1 saturated carbocycles. The fourth-order valence-corrected chi connectivity index (χ4v) is 3.67. The molecule has 0 bridgehead atoms. The number of nitrogens with zero attached hydrogens (tertiary/aromatic N) is 1. The second-order valence-electron chi connectivity index (χ2n) is 5.39. The Kier molecular flexibility index (Phi) is 5.03. The van der Waals surface area contributed by atoms with Crippen LogP contribution in [0.25, 0.3) is 0 Å². The molecule has 5 nitrogen and oxygen atoms in total. The predicted molar refractivity (Wildman–Crippen MR) is 72.3 cm³/mol. The molecule has 1 aliphatic heterocycles. The largest absolute Gasteiger partial charge is 0.341 e. The highest BCUT2D eigenvalue weighted by Gasteiger charge is 2.40. The summed E-state index contributed by atoms with van der Waals surface area (Å²) in [7, 11) is -3.23. The Morgan fingerprint density at radius 3 is 2.56 bits per heavy atom. The first-order valence-corrected chi connectivity index (χ1v) is 8.14. The van der Waals surface area contributed by atoms with Gasteiger partial charge in [-0.15, -0.1) is 12.4 Å². The Morgan fingerprint density at radius 1 is 1.33 bits per heavy atom. The van der Waals surface area contributed by atoms with Crippen molar-refractivity contribution in [1.82, 2.24) is 4.90 Å². The van der Waals surface area contributed by atoms with Crippen molar-refractivity contribution >= 4 is 28.2 Å². The maximum Gasteiger partial charge on any atom is 0.237 e. The van der Waals surface area contributed by atoms with Crippen LogP contribution < -0.4 is 5.73 Å². The molecule has 2 N–H and O–H groups in total. The second-order valence-corrected chi connectivity index (χ2v) is 7.53. The van der Waals surface area contributed by atoms with Crippen molar-refractivity contribution < 1.29 is 13.2 Å². The van der Waals surface area contributed by atoms with Crippen LogP contribution in [-0.2, 0) is 14.6 Å². The lowest BCUT2D eigenvalue weighted by atomic mass is 9.78. The number of halogens is 1. The highest BCUT2D eigenvalue weighted by Crippen LogP contribution is 2.35. The summed E-state index contributed by atoms with van der Waals surface area (Å²) in [4.78, 5) is 13.5. The first kappa shape index (κ1) is 15.7. The van der Waals surface area contributed by atoms with E-state index in [-0.39, 0.29) is 30.1 Å². The van der Waals surface area contributed by atoms with Crippen LogP contribution in [0.3, 0.4) is 0 Å². The molecule has 18 heavy (non-hydrogen) atoms. The average Bonchev–Trinajstić information content (AvgIpc) is 2.60. The molecule has 1 aliphatic carbocycles. The molecule has 7 heteroatoms. The van der Waals surface area contributed by atoms with Crippen LogP contribution in [0.4, 0.5) is 0 Å². The van der Waals surface area contributed by atoms with Gasteiger partial charge in [0.2, 0.25) is 5.91 Å². The summed E-state index contributed by atoms with van der Waals surface area (Å²) in [5.41, 5.74) is 6.05. The van der Waals surface area contributed by atoms with Crippen molar-refractivity contribution in [3.05, 3.63) is 0 Å². The van der Waals surface area contributed by atoms with Crippen molar-refractivity contribution in [1.29, 1.82) is 0 Å². The number of carbonyl (C=O) groups is 1. The molecule has 3 unspecified atom stereocenters. The molecule has 106 valence electrons. The van der Waals surface area contributed by atoms with Crippen molar-refractivity contribution in [2.45, 2.75) is 25.3 Å². The zero-order valence-corrected chi connectivity index (χ0v) is 12.2. The van der Waals surface area contributed by atoms with Crippen LogP contribution in [0, 0.1) is 11.8 Å². The lowest BCUT2D eigenvalue weighted by molar-refractivity contribution is -0.127. The van der Waals surface area contributed by atoms with Gasteiger partial charge < -0.3 is 10.6 Å². The van der Waals surface area contributed by atoms with E-state index in [2.05, 4.69) is 0 Å². The number of hydrogen-bond acceptors (Lipinski definition) is 4. The topological polar surface area (TPSA) is 80.5 Å². The minimum Gasteiger partial charge on any atom is -0.341 e. The molecule has 0 radical (unpaired) electrons. The number of fused-ring (bicyclic) bond motifs is 1. The van der Waals surface area contributed by atoms with E-state index in [9.17, 15) is 13.2 Å². The Morgan fingerprint density at radius 2 is 2.00 bits per heavy atom. The number of sulfone groups is 1. The summed E-state index contributed by atoms with van der Waals surface area (Å²) in [5, 5.41) is 0. The fourth-order valence-electron chi connectivity index (χ4n) is 3.04. The zero-order chi connectivity index (χ0) is 12.6. The van der Waals surface area contributed by atoms with E-state index >= 15 is 0 Å². The van der Waals surface area contributed by atoms with Gasteiger partial charge in [-0.3, -0.25) is 4.79 Å². The van der Waals surface area contributed by atoms with Gasteiger partial charge in [0, 0.05) is 25.4 Å². The van der Waals surface area contributed by atoms with Gasteiger partial charge in [0.05, 0.1) is 0 Å². The normalized spacial score (nSPS) is 31.7. The van der Waals surface area contributed by atoms with Crippen molar-refractivity contribution in [2.75, 3.05) is 25.1 Å². The van der Waals surface area contributed by atoms with E-state index in [1.807, 2.05) is 0 Å². The summed E-state index contributed by atoms with van der Waals surface area (Å²) in [6.45, 7) is 1.33. The number of hydrogen-bond donors (Lipinski definition) is 1. The standard InChI is InChI=1S/C11H20N2O3S.ClH/c1-17(15,16)7-11(14)13-5-8-3-2-4-10(12)9(8)6-13;/h8-10H,2-7,12H2,1H3;1H. The molecule has 0 aromatic carbocycles. The van der Waals surface area contributed by atoms with Crippen LogP contribution in [0.15, 0.2) is 0 Å². The first-order valence-electron chi connectivity index (χ1n) is 6.08. The summed E-state index contributed by atoms with van der Waals surface area (Å²) in [5.74, 6) is 0.199. The van der Waals surface area contributed by atoms with E-state index < -0.39 is 9.84 Å². The van der Waals surface area contributed by atoms with Crippen molar-refractivity contribution in [3.8, 4) is 0 Å². The molecule has 0 aromatic heterocycles. The molecule has 0 aromatic rings. The molecule has 1 heterocycles. The molecule has 2 aliphatic rings. The Balaban J connectivity index is 0.00000162. The Hall–Kier alpha value is -0.330. The molecule has 2 fully saturated rings. The quantitative estimate of drug-likeness (QED) is 0.780. The summed E-state index contributed by atoms with van der Waals surface area (Å²) < 4.78 is 22.2. The number of carbonyl (C=O) groups excluding carboxylic acids is 1. The van der Waals surface area contributed by atoms with Gasteiger partial charge in [0.1, 0.15) is 5.75 Å². The number of likely N-dealkylation sites (tertiary alicyclic amines) is 1. The fraction of sp³-hybridized carbons (Fsp3) is 0.909. The van der Waals surface area contributed by atoms with Crippen LogP contribution in [0.2, 0.25) is 0 Å². The van der Waals surface area contributed by atoms with Crippen molar-refractivity contribution in [3.63, 3.8) is 0 Å². The third kappa shape index (κ3) is 3.59. The Labute approximate surface area is 114 Å². The third-order valence-electron chi connectivity index (χ3n) is 3.89. The molecular formula is C11H21ClN2O3S. The first-order chi connectivity index (χ1) is 7.87. The number of nitrogens with two attached hydrogens (primary N) is 1. The molecule has 3 atom stereocenters. The molecule has 0 spiro atoms. The highest BCUT2D eigenvalue weighted by atomic mass is 35.5. The van der Waals surface area contributed by atoms with Gasteiger partial charge in [-0.05, 0) is 24.7 Å². The smallest absolute Gasteiger partial charge is 0.237 e. The summed E-state index contributed by atoms with van der Waals surface area (Å²) >= 11 is 0. The molecule has 2 rings (SSSR count). The maximum absolute atomic E-state index is 11.8. The maximum atomic E-state index is 11.8. The predicted octanol–water partition coefficient (Wildman–Crippen LogP) is 0.0386. The van der Waals surface area contributed by atoms with Gasteiger partial charge in [0.15, 0.2) is 9.84 Å². The zero-order valence-electron chi connectivity index (χ0n) is 10.5. The molecule has 1 amide bonds. The molecule has 1 saturated heterocycles. The van der Waals surface area contributed by atoms with Gasteiger partial charge in [-0.2, -0.15) is 0 Å². The SMILES string of the molecule is CS(=O)(=O)CC(=O)N1CC2CCCC(N)C2C1.Cl.